The fourth-order valence-corrected chi connectivity index (χ4v) is 3.92. The zero-order valence-electron chi connectivity index (χ0n) is 18.5. The summed E-state index contributed by atoms with van der Waals surface area (Å²) in [4.78, 5) is 32.2. The normalized spacial score (nSPS) is 12.3. The Morgan fingerprint density at radius 1 is 0.914 bits per heavy atom. The summed E-state index contributed by atoms with van der Waals surface area (Å²) in [5, 5.41) is 3.38. The third-order valence-corrected chi connectivity index (χ3v) is 5.62. The van der Waals surface area contributed by atoms with E-state index in [0.29, 0.717) is 11.4 Å². The molecule has 0 saturated carbocycles. The molecule has 1 amide bonds. The van der Waals surface area contributed by atoms with Crippen molar-refractivity contribution in [1.82, 2.24) is 10.3 Å². The first-order valence-corrected chi connectivity index (χ1v) is 10.9. The van der Waals surface area contributed by atoms with Gasteiger partial charge in [0.2, 0.25) is 0 Å². The Labute approximate surface area is 199 Å². The van der Waals surface area contributed by atoms with Crippen LogP contribution in [0.5, 0.6) is 0 Å². The molecule has 0 aliphatic carbocycles. The van der Waals surface area contributed by atoms with Crippen molar-refractivity contribution in [2.45, 2.75) is 18.4 Å². The van der Waals surface area contributed by atoms with Gasteiger partial charge in [-0.1, -0.05) is 54.6 Å². The molecule has 3 aromatic carbocycles. The fourth-order valence-electron chi connectivity index (χ4n) is 3.92. The van der Waals surface area contributed by atoms with Crippen molar-refractivity contribution in [1.29, 1.82) is 0 Å². The van der Waals surface area contributed by atoms with E-state index in [1.807, 2.05) is 24.3 Å². The van der Waals surface area contributed by atoms with Gasteiger partial charge < -0.3 is 4.98 Å². The Balaban J connectivity index is 1.65. The average molecular weight is 481 g/mol. The third-order valence-electron chi connectivity index (χ3n) is 5.62. The number of halogens is 3. The lowest BCUT2D eigenvalue weighted by atomic mass is 10.1. The van der Waals surface area contributed by atoms with Gasteiger partial charge in [0.15, 0.2) is 6.04 Å². The van der Waals surface area contributed by atoms with E-state index in [4.69, 9.17) is 0 Å². The van der Waals surface area contributed by atoms with E-state index in [0.717, 1.165) is 21.4 Å². The molecular formula is C26H22F3N3O3. The zero-order chi connectivity index (χ0) is 24.8. The molecule has 4 aromatic rings. The lowest BCUT2D eigenvalue weighted by Gasteiger charge is -2.30. The van der Waals surface area contributed by atoms with Crippen LogP contribution in [-0.2, 0) is 21.0 Å². The van der Waals surface area contributed by atoms with Gasteiger partial charge in [0.05, 0.1) is 0 Å². The number of nitrogens with zero attached hydrogens (tertiary/aromatic N) is 1. The first-order chi connectivity index (χ1) is 16.9. The number of fused-ring (bicyclic) bond motifs is 1. The topological polar surface area (TPSA) is 74.4 Å². The van der Waals surface area contributed by atoms with E-state index in [2.05, 4.69) is 15.2 Å². The van der Waals surface area contributed by atoms with Gasteiger partial charge in [-0.05, 0) is 42.3 Å². The van der Waals surface area contributed by atoms with Crippen LogP contribution in [0.15, 0.2) is 91.1 Å². The van der Waals surface area contributed by atoms with Crippen molar-refractivity contribution < 1.29 is 27.8 Å². The highest BCUT2D eigenvalue weighted by molar-refractivity contribution is 6.06. The lowest BCUT2D eigenvalue weighted by Crippen LogP contribution is -2.58. The highest BCUT2D eigenvalue weighted by Crippen LogP contribution is 2.30. The molecule has 0 bridgehead atoms. The molecular weight excluding hydrogens is 459 g/mol. The number of carbonyl (C=O) groups excluding carboxylic acids is 2. The van der Waals surface area contributed by atoms with Crippen LogP contribution < -0.4 is 10.2 Å². The van der Waals surface area contributed by atoms with Gasteiger partial charge >= 0.3 is 11.9 Å². The molecule has 35 heavy (non-hydrogen) atoms. The second kappa shape index (κ2) is 10.4. The monoisotopic (exact) mass is 481 g/mol. The minimum absolute atomic E-state index is 0.0924. The molecule has 2 N–H and O–H groups in total. The summed E-state index contributed by atoms with van der Waals surface area (Å²) in [5.41, 5.74) is 2.31. The molecule has 1 aromatic heterocycles. The highest BCUT2D eigenvalue weighted by atomic mass is 19.3. The van der Waals surface area contributed by atoms with Crippen molar-refractivity contribution in [2.24, 2.45) is 0 Å². The van der Waals surface area contributed by atoms with Crippen molar-refractivity contribution in [3.8, 4) is 0 Å². The molecule has 0 spiro atoms. The summed E-state index contributed by atoms with van der Waals surface area (Å²) in [6, 6.07) is 21.4. The minimum atomic E-state index is -4.48. The summed E-state index contributed by atoms with van der Waals surface area (Å²) in [5.74, 6) is -8.07. The summed E-state index contributed by atoms with van der Waals surface area (Å²) < 4.78 is 42.6. The van der Waals surface area contributed by atoms with Gasteiger partial charge in [-0.15, -0.1) is 0 Å². The number of hydrogen-bond donors (Lipinski definition) is 2. The molecule has 9 heteroatoms. The second-order valence-corrected chi connectivity index (χ2v) is 7.83. The first kappa shape index (κ1) is 24.0. The molecule has 1 atom stereocenters. The number of amides is 1. The maximum Gasteiger partial charge on any atom is 0.419 e. The number of anilines is 2. The Morgan fingerprint density at radius 2 is 1.49 bits per heavy atom. The number of hydrogen-bond acceptors (Lipinski definition) is 4. The van der Waals surface area contributed by atoms with Crippen molar-refractivity contribution in [3.05, 3.63) is 96.7 Å². The Hall–Kier alpha value is -4.11. The van der Waals surface area contributed by atoms with Gasteiger partial charge in [0, 0.05) is 39.5 Å². The van der Waals surface area contributed by atoms with E-state index in [1.54, 1.807) is 66.9 Å². The van der Waals surface area contributed by atoms with Crippen LogP contribution in [0.3, 0.4) is 0 Å². The van der Waals surface area contributed by atoms with Gasteiger partial charge in [0.25, 0.3) is 5.91 Å². The molecule has 0 aliphatic heterocycles. The smallest absolute Gasteiger partial charge is 0.361 e. The Kier molecular flexibility index (Phi) is 7.17. The second-order valence-electron chi connectivity index (χ2n) is 7.83. The van der Waals surface area contributed by atoms with Crippen LogP contribution in [-0.4, -0.2) is 35.4 Å². The highest BCUT2D eigenvalue weighted by Gasteiger charge is 2.54. The van der Waals surface area contributed by atoms with E-state index in [9.17, 15) is 14.1 Å². The number of aromatic amines is 1. The van der Waals surface area contributed by atoms with Crippen LogP contribution in [0, 0.1) is 0 Å². The lowest BCUT2D eigenvalue weighted by molar-refractivity contribution is -0.215. The molecule has 0 saturated heterocycles. The molecule has 1 heterocycles. The number of aromatic nitrogens is 1. The van der Waals surface area contributed by atoms with E-state index >= 15 is 8.78 Å². The van der Waals surface area contributed by atoms with Crippen LogP contribution in [0.1, 0.15) is 5.56 Å². The van der Waals surface area contributed by atoms with Gasteiger partial charge in [-0.2, -0.15) is 8.78 Å². The van der Waals surface area contributed by atoms with Crippen LogP contribution >= 0.6 is 0 Å². The largest absolute Gasteiger partial charge is 0.419 e. The van der Waals surface area contributed by atoms with Gasteiger partial charge in [-0.25, -0.2) is 9.74 Å². The maximum absolute atomic E-state index is 15.0. The zero-order valence-corrected chi connectivity index (χ0v) is 18.5. The minimum Gasteiger partial charge on any atom is -0.361 e. The van der Waals surface area contributed by atoms with Crippen molar-refractivity contribution in [3.63, 3.8) is 0 Å². The summed E-state index contributed by atoms with van der Waals surface area (Å²) in [6.07, 6.45) is 2.02. The predicted molar refractivity (Wildman–Crippen MR) is 126 cm³/mol. The first-order valence-electron chi connectivity index (χ1n) is 10.9. The van der Waals surface area contributed by atoms with Gasteiger partial charge in [-0.3, -0.25) is 15.0 Å². The number of alkyl halides is 2. The SMILES string of the molecule is O=C(C(NCCc1c[nH]c2ccccc12)C(F)(F)C(=O)OF)N(c1ccccc1)c1ccccc1. The molecule has 1 unspecified atom stereocenters. The number of rotatable bonds is 9. The van der Waals surface area contributed by atoms with Crippen molar-refractivity contribution in [2.75, 3.05) is 11.4 Å². The molecule has 0 radical (unpaired) electrons. The van der Waals surface area contributed by atoms with Crippen LogP contribution in [0.4, 0.5) is 24.7 Å². The number of benzene rings is 3. The van der Waals surface area contributed by atoms with E-state index in [-0.39, 0.29) is 13.0 Å². The number of para-hydroxylation sites is 3. The van der Waals surface area contributed by atoms with Crippen LogP contribution in [0.2, 0.25) is 0 Å². The summed E-state index contributed by atoms with van der Waals surface area (Å²) >= 11 is 0. The average Bonchev–Trinajstić information content (AvgIpc) is 3.30. The number of nitrogens with one attached hydrogen (secondary N) is 2. The Morgan fingerprint density at radius 3 is 2.09 bits per heavy atom. The maximum atomic E-state index is 15.0. The number of H-pyrrole nitrogens is 1. The van der Waals surface area contributed by atoms with Crippen molar-refractivity contribution >= 4 is 34.2 Å². The quantitative estimate of drug-likeness (QED) is 0.349. The molecule has 4 rings (SSSR count). The fraction of sp³-hybridized carbons (Fsp3) is 0.154. The number of carbonyl (C=O) groups is 2. The van der Waals surface area contributed by atoms with Gasteiger partial charge in [0.1, 0.15) is 0 Å². The molecule has 0 fully saturated rings. The summed E-state index contributed by atoms with van der Waals surface area (Å²) in [6.45, 7) is -0.0924. The molecule has 0 aliphatic rings. The molecule has 6 nitrogen and oxygen atoms in total. The van der Waals surface area contributed by atoms with E-state index < -0.39 is 23.8 Å². The Bertz CT molecular complexity index is 1260. The predicted octanol–water partition coefficient (Wildman–Crippen LogP) is 5.10. The molecule has 180 valence electrons. The van der Waals surface area contributed by atoms with Crippen LogP contribution in [0.25, 0.3) is 10.9 Å². The third kappa shape index (κ3) is 5.04. The standard InChI is InChI=1S/C26H22F3N3O3/c27-26(28,25(34)35-29)23(30-16-15-18-17-31-22-14-8-7-13-21(18)22)24(33)32(19-9-3-1-4-10-19)20-11-5-2-6-12-20/h1-14,17,23,30-31H,15-16H2. The van der Waals surface area contributed by atoms with E-state index in [1.165, 1.54) is 0 Å². The summed E-state index contributed by atoms with van der Waals surface area (Å²) in [7, 11) is 0.